The first-order valence-electron chi connectivity index (χ1n) is 18.2. The van der Waals surface area contributed by atoms with Crippen LogP contribution in [0.2, 0.25) is 5.02 Å². The van der Waals surface area contributed by atoms with E-state index in [1.165, 1.54) is 34.8 Å². The molecule has 0 radical (unpaired) electrons. The number of aliphatic hydroxyl groups excluding tert-OH is 1. The van der Waals surface area contributed by atoms with E-state index in [0.29, 0.717) is 75.7 Å². The number of H-pyrrole nitrogens is 1. The third-order valence-electron chi connectivity index (χ3n) is 10.3. The number of pyridine rings is 1. The number of rotatable bonds is 16. The molecule has 1 aliphatic rings. The second-order valence-corrected chi connectivity index (χ2v) is 16.1. The number of nitrogens with zero attached hydrogens (tertiary/aromatic N) is 1. The number of carbonyl (C=O) groups is 2. The van der Waals surface area contributed by atoms with Crippen molar-refractivity contribution in [3.05, 3.63) is 113 Å². The van der Waals surface area contributed by atoms with Crippen molar-refractivity contribution in [2.75, 3.05) is 27.3 Å². The summed E-state index contributed by atoms with van der Waals surface area (Å²) < 4.78 is 17.1. The molecule has 1 fully saturated rings. The van der Waals surface area contributed by atoms with Crippen molar-refractivity contribution >= 4 is 57.1 Å². The maximum absolute atomic E-state index is 13.4. The maximum Gasteiger partial charge on any atom is 0.349 e. The topological polar surface area (TPSA) is 159 Å². The van der Waals surface area contributed by atoms with Crippen LogP contribution in [-0.4, -0.2) is 76.6 Å². The van der Waals surface area contributed by atoms with Gasteiger partial charge >= 0.3 is 11.9 Å². The van der Waals surface area contributed by atoms with E-state index in [2.05, 4.69) is 9.88 Å². The molecule has 0 saturated heterocycles. The molecule has 0 amide bonds. The number of thiophene rings is 2. The summed E-state index contributed by atoms with van der Waals surface area (Å²) in [6.07, 6.45) is 3.36. The fourth-order valence-corrected chi connectivity index (χ4v) is 9.14. The molecule has 0 spiro atoms. The first-order chi connectivity index (χ1) is 26.5. The summed E-state index contributed by atoms with van der Waals surface area (Å²) in [5, 5.41) is 37.3. The molecule has 2 aromatic carbocycles. The van der Waals surface area contributed by atoms with Crippen molar-refractivity contribution in [3.8, 4) is 11.5 Å². The summed E-state index contributed by atoms with van der Waals surface area (Å²) in [7, 11) is 3.54. The number of halogens is 1. The zero-order chi connectivity index (χ0) is 39.1. The Morgan fingerprint density at radius 1 is 1.02 bits per heavy atom. The molecular formula is C41H45ClN2O9S2. The molecule has 3 heterocycles. The zero-order valence-corrected chi connectivity index (χ0v) is 33.1. The number of aromatic nitrogens is 1. The lowest BCUT2D eigenvalue weighted by Crippen LogP contribution is -2.42. The van der Waals surface area contributed by atoms with Gasteiger partial charge in [0.15, 0.2) is 0 Å². The van der Waals surface area contributed by atoms with Crippen molar-refractivity contribution < 1.29 is 39.1 Å². The number of benzene rings is 2. The normalized spacial score (nSPS) is 16.6. The standard InChI is InChI=1S/C41H45ClN2O9S2/c1-44(27-10-12-28(13-11-27)53-40(49)41(50,35-8-4-20-54-35)36-9-5-21-55-36)18-19-52-38(48)24-26-23-34(51-2)25(22-31(26)42)6-3-7-32(45)29-14-16-33(46)39-30(29)15-17-37(47)43-39/h4-5,8-9,14-17,20-23,27-28,32,45-46,50H,3,6-7,10-13,18-19,24H2,1-2H3,(H,43,47)/t27?,28?,32-/m0/s1. The molecule has 6 rings (SSSR count). The average molecular weight is 809 g/mol. The highest BCUT2D eigenvalue weighted by molar-refractivity contribution is 7.12. The third kappa shape index (κ3) is 9.42. The van der Waals surface area contributed by atoms with E-state index < -0.39 is 23.6 Å². The number of esters is 2. The summed E-state index contributed by atoms with van der Waals surface area (Å²) >= 11 is 9.26. The number of likely N-dealkylation sites (N-methyl/N-ethyl adjacent to an activating group) is 1. The van der Waals surface area contributed by atoms with Gasteiger partial charge in [0, 0.05) is 29.1 Å². The Balaban J connectivity index is 0.940. The molecule has 0 unspecified atom stereocenters. The average Bonchev–Trinajstić information content (AvgIpc) is 3.93. The van der Waals surface area contributed by atoms with E-state index in [1.54, 1.807) is 43.5 Å². The smallest absolute Gasteiger partial charge is 0.349 e. The van der Waals surface area contributed by atoms with Gasteiger partial charge in [0.25, 0.3) is 0 Å². The van der Waals surface area contributed by atoms with Crippen LogP contribution in [-0.2, 0) is 37.5 Å². The summed E-state index contributed by atoms with van der Waals surface area (Å²) in [6, 6.07) is 16.9. The van der Waals surface area contributed by atoms with E-state index >= 15 is 0 Å². The minimum Gasteiger partial charge on any atom is -0.506 e. The van der Waals surface area contributed by atoms with Crippen LogP contribution >= 0.6 is 34.3 Å². The second-order valence-electron chi connectivity index (χ2n) is 13.8. The van der Waals surface area contributed by atoms with Crippen LogP contribution in [0.4, 0.5) is 0 Å². The lowest BCUT2D eigenvalue weighted by molar-refractivity contribution is -0.169. The van der Waals surface area contributed by atoms with Gasteiger partial charge in [-0.15, -0.1) is 22.7 Å². The van der Waals surface area contributed by atoms with Crippen molar-refractivity contribution in [2.45, 2.75) is 75.2 Å². The lowest BCUT2D eigenvalue weighted by Gasteiger charge is -2.35. The van der Waals surface area contributed by atoms with Gasteiger partial charge in [-0.1, -0.05) is 29.8 Å². The number of hydrogen-bond donors (Lipinski definition) is 4. The molecule has 14 heteroatoms. The Bertz CT molecular complexity index is 2100. The Morgan fingerprint density at radius 2 is 1.73 bits per heavy atom. The third-order valence-corrected chi connectivity index (χ3v) is 12.6. The van der Waals surface area contributed by atoms with Crippen LogP contribution in [0.1, 0.15) is 71.1 Å². The summed E-state index contributed by atoms with van der Waals surface area (Å²) in [4.78, 5) is 43.8. The van der Waals surface area contributed by atoms with Gasteiger partial charge in [-0.25, -0.2) is 4.79 Å². The largest absolute Gasteiger partial charge is 0.506 e. The molecule has 0 aliphatic heterocycles. The highest BCUT2D eigenvalue weighted by atomic mass is 35.5. The van der Waals surface area contributed by atoms with E-state index in [0.717, 1.165) is 18.4 Å². The van der Waals surface area contributed by atoms with Crippen LogP contribution in [0, 0.1) is 0 Å². The van der Waals surface area contributed by atoms with Gasteiger partial charge in [0.05, 0.1) is 34.9 Å². The summed E-state index contributed by atoms with van der Waals surface area (Å²) in [6.45, 7) is 0.748. The molecule has 4 N–H and O–H groups in total. The maximum atomic E-state index is 13.4. The van der Waals surface area contributed by atoms with Crippen LogP contribution < -0.4 is 10.3 Å². The molecule has 3 aromatic heterocycles. The van der Waals surface area contributed by atoms with Crippen molar-refractivity contribution in [2.24, 2.45) is 0 Å². The SMILES string of the molecule is COc1cc(CC(=O)OCCN(C)C2CCC(OC(=O)C(O)(c3cccs3)c3cccs3)CC2)c(Cl)cc1CCC[C@H](O)c1ccc(O)c2[nH]c(=O)ccc12. The van der Waals surface area contributed by atoms with Crippen molar-refractivity contribution in [1.29, 1.82) is 0 Å². The highest BCUT2D eigenvalue weighted by Gasteiger charge is 2.45. The molecule has 0 bridgehead atoms. The molecule has 292 valence electrons. The Kier molecular flexibility index (Phi) is 13.3. The fourth-order valence-electron chi connectivity index (χ4n) is 7.17. The quantitative estimate of drug-likeness (QED) is 0.0775. The van der Waals surface area contributed by atoms with Crippen molar-refractivity contribution in [1.82, 2.24) is 9.88 Å². The van der Waals surface area contributed by atoms with Crippen LogP contribution in [0.25, 0.3) is 10.9 Å². The lowest BCUT2D eigenvalue weighted by atomic mass is 9.91. The number of aliphatic hydroxyl groups is 2. The Labute approximate surface area is 332 Å². The first kappa shape index (κ1) is 40.4. The number of nitrogens with one attached hydrogen (secondary N) is 1. The van der Waals surface area contributed by atoms with E-state index in [9.17, 15) is 29.7 Å². The number of hydrogen-bond acceptors (Lipinski definition) is 12. The predicted molar refractivity (Wildman–Crippen MR) is 213 cm³/mol. The Hall–Kier alpha value is -4.24. The number of phenolic OH excluding ortho intramolecular Hbond substituents is 1. The van der Waals surface area contributed by atoms with E-state index in [1.807, 2.05) is 29.9 Å². The number of aromatic amines is 1. The number of aryl methyl sites for hydroxylation is 1. The minimum absolute atomic E-state index is 0.0201. The number of ether oxygens (including phenoxy) is 3. The number of aromatic hydroxyl groups is 1. The molecule has 55 heavy (non-hydrogen) atoms. The highest BCUT2D eigenvalue weighted by Crippen LogP contribution is 2.38. The van der Waals surface area contributed by atoms with Gasteiger partial charge < -0.3 is 39.4 Å². The van der Waals surface area contributed by atoms with Crippen LogP contribution in [0.5, 0.6) is 11.5 Å². The molecular weight excluding hydrogens is 764 g/mol. The molecule has 1 aliphatic carbocycles. The van der Waals surface area contributed by atoms with Gasteiger partial charge in [-0.2, -0.15) is 0 Å². The predicted octanol–water partition coefficient (Wildman–Crippen LogP) is 6.88. The molecule has 5 aromatic rings. The number of fused-ring (bicyclic) bond motifs is 1. The van der Waals surface area contributed by atoms with Crippen LogP contribution in [0.15, 0.2) is 76.2 Å². The monoisotopic (exact) mass is 808 g/mol. The van der Waals surface area contributed by atoms with Crippen molar-refractivity contribution in [3.63, 3.8) is 0 Å². The number of phenols is 1. The molecule has 11 nitrogen and oxygen atoms in total. The van der Waals surface area contributed by atoms with Gasteiger partial charge in [0.2, 0.25) is 11.2 Å². The van der Waals surface area contributed by atoms with Gasteiger partial charge in [0.1, 0.15) is 24.2 Å². The molecule has 1 atom stereocenters. The van der Waals surface area contributed by atoms with Gasteiger partial charge in [-0.05, 0) is 116 Å². The number of methoxy groups -OCH3 is 1. The number of carbonyl (C=O) groups excluding carboxylic acids is 2. The summed E-state index contributed by atoms with van der Waals surface area (Å²) in [5.74, 6) is -0.537. The second kappa shape index (κ2) is 18.1. The Morgan fingerprint density at radius 3 is 2.38 bits per heavy atom. The summed E-state index contributed by atoms with van der Waals surface area (Å²) in [5.41, 5.74) is 0.154. The fraction of sp³-hybridized carbons (Fsp3) is 0.390. The van der Waals surface area contributed by atoms with E-state index in [-0.39, 0.29) is 42.0 Å². The van der Waals surface area contributed by atoms with E-state index in [4.69, 9.17) is 25.8 Å². The zero-order valence-electron chi connectivity index (χ0n) is 30.7. The molecule has 1 saturated carbocycles. The van der Waals surface area contributed by atoms with Gasteiger partial charge in [-0.3, -0.25) is 9.59 Å². The van der Waals surface area contributed by atoms with Crippen LogP contribution in [0.3, 0.4) is 0 Å². The minimum atomic E-state index is -1.82. The first-order valence-corrected chi connectivity index (χ1v) is 20.4.